The molecule has 4 saturated heterocycles. The van der Waals surface area contributed by atoms with E-state index in [1.807, 2.05) is 16.5 Å². The number of ether oxygens (including phenoxy) is 3. The molecule has 54 heavy (non-hydrogen) atoms. The first kappa shape index (κ1) is 36.9. The highest BCUT2D eigenvalue weighted by molar-refractivity contribution is 6.00. The minimum Gasteiger partial charge on any atom is -0.466 e. The van der Waals surface area contributed by atoms with Crippen LogP contribution < -0.4 is 9.64 Å². The van der Waals surface area contributed by atoms with Crippen molar-refractivity contribution in [1.29, 1.82) is 0 Å². The first-order valence-electron chi connectivity index (χ1n) is 19.8. The Morgan fingerprint density at radius 3 is 2.80 bits per heavy atom. The number of aliphatic hydroxyl groups excluding tert-OH is 1. The maximum absolute atomic E-state index is 17.5. The van der Waals surface area contributed by atoms with Crippen molar-refractivity contribution in [2.24, 2.45) is 0 Å². The first-order valence-corrected chi connectivity index (χ1v) is 19.8. The highest BCUT2D eigenvalue weighted by Gasteiger charge is 2.49. The van der Waals surface area contributed by atoms with E-state index in [2.05, 4.69) is 11.0 Å². The van der Waals surface area contributed by atoms with Crippen molar-refractivity contribution in [3.63, 3.8) is 0 Å². The zero-order valence-corrected chi connectivity index (χ0v) is 31.4. The van der Waals surface area contributed by atoms with Crippen molar-refractivity contribution in [3.8, 4) is 17.3 Å². The smallest absolute Gasteiger partial charge is 0.319 e. The molecule has 0 saturated carbocycles. The summed E-state index contributed by atoms with van der Waals surface area (Å²) in [6, 6.07) is 2.11. The molecule has 7 heterocycles. The van der Waals surface area contributed by atoms with Crippen LogP contribution in [0.5, 0.6) is 6.01 Å². The van der Waals surface area contributed by atoms with E-state index >= 15 is 4.39 Å². The van der Waals surface area contributed by atoms with Crippen LogP contribution in [0, 0.1) is 12.7 Å². The largest absolute Gasteiger partial charge is 0.466 e. The third-order valence-corrected chi connectivity index (χ3v) is 11.8. The van der Waals surface area contributed by atoms with Gasteiger partial charge in [-0.25, -0.2) is 13.5 Å². The number of hydrogen-bond donors (Lipinski definition) is 1. The average Bonchev–Trinajstić information content (AvgIpc) is 3.85. The molecule has 4 fully saturated rings. The maximum atomic E-state index is 17.5. The number of alkyl halides is 1. The molecule has 0 spiro atoms. The van der Waals surface area contributed by atoms with Gasteiger partial charge in [-0.15, -0.1) is 0 Å². The molecule has 0 bridgehead atoms. The van der Waals surface area contributed by atoms with E-state index in [1.54, 1.807) is 19.3 Å². The molecular formula is C40H51F2N7O5. The van der Waals surface area contributed by atoms with Gasteiger partial charge in [0.1, 0.15) is 29.8 Å². The van der Waals surface area contributed by atoms with Crippen LogP contribution in [0.25, 0.3) is 33.1 Å². The van der Waals surface area contributed by atoms with Crippen molar-refractivity contribution in [2.75, 3.05) is 50.9 Å². The molecule has 12 nitrogen and oxygen atoms in total. The number of β-amino-alcohol motifs (C(OH)–C–C–N with tert-alkyl or cyclic N) is 1. The number of nitrogens with zero attached hydrogens (tertiary/aromatic N) is 7. The van der Waals surface area contributed by atoms with E-state index in [4.69, 9.17) is 34.3 Å². The molecular weight excluding hydrogens is 696 g/mol. The number of anilines is 1. The predicted molar refractivity (Wildman–Crippen MR) is 200 cm³/mol. The molecule has 4 aromatic rings. The second-order valence-electron chi connectivity index (χ2n) is 15.5. The normalized spacial score (nSPS) is 24.8. The molecule has 3 aromatic heterocycles. The Bertz CT molecular complexity index is 2000. The lowest BCUT2D eigenvalue weighted by Gasteiger charge is -2.32. The molecule has 290 valence electrons. The van der Waals surface area contributed by atoms with E-state index in [1.165, 1.54) is 0 Å². The number of halogens is 2. The number of esters is 1. The van der Waals surface area contributed by atoms with Gasteiger partial charge in [-0.2, -0.15) is 15.1 Å². The van der Waals surface area contributed by atoms with Crippen molar-refractivity contribution in [1.82, 2.24) is 29.6 Å². The number of aromatic nitrogens is 5. The fraction of sp³-hybridized carbons (Fsp3) is 0.625. The number of unbranched alkanes of at least 4 members (excludes halogenated alkanes) is 1. The Labute approximate surface area is 314 Å². The lowest BCUT2D eigenvalue weighted by atomic mass is 9.91. The van der Waals surface area contributed by atoms with Crippen molar-refractivity contribution in [2.45, 2.75) is 115 Å². The highest BCUT2D eigenvalue weighted by Crippen LogP contribution is 2.42. The van der Waals surface area contributed by atoms with E-state index in [0.717, 1.165) is 67.1 Å². The van der Waals surface area contributed by atoms with E-state index in [9.17, 15) is 14.3 Å². The van der Waals surface area contributed by atoms with Gasteiger partial charge in [0.25, 0.3) is 0 Å². The second-order valence-corrected chi connectivity index (χ2v) is 15.5. The SMILES string of the molecule is CCOC(=O)CCCCc1c(C)cc2c(cnn2C2CCCCO2)c1-c1ncc2c(N3CCC[C@@H](O)C3)nc(OC[C@@]34CCCN3C[C@H](F)C4)nc2c1F. The molecule has 0 aliphatic carbocycles. The zero-order chi connectivity index (χ0) is 37.4. The van der Waals surface area contributed by atoms with Crippen molar-refractivity contribution >= 4 is 33.6 Å². The molecule has 4 aliphatic rings. The standard InChI is InChI=1S/C40H51F2N7O5/c1-3-52-33(51)13-5-4-11-28-25(2)18-31-29(21-44-49(31)32-12-6-7-17-53-32)34(28)37-35(42)36-30(20-43-37)38(47-15-8-10-27(50)23-47)46-39(45-36)54-24-40-14-9-16-48(40)22-26(41)19-40/h18,20-21,26-27,32,50H,3-17,19,22-24H2,1-2H3/t26-,27-,32?,40+/m1/s1. The molecule has 8 rings (SSSR count). The van der Waals surface area contributed by atoms with Gasteiger partial charge in [0.2, 0.25) is 0 Å². The van der Waals surface area contributed by atoms with Crippen LogP contribution in [0.4, 0.5) is 14.6 Å². The minimum atomic E-state index is -0.914. The van der Waals surface area contributed by atoms with Crippen molar-refractivity contribution < 1.29 is 32.9 Å². The summed E-state index contributed by atoms with van der Waals surface area (Å²) in [6.07, 6.45) is 10.4. The number of aliphatic hydroxyl groups is 1. The Hall–Kier alpha value is -4.01. The molecule has 1 aromatic carbocycles. The van der Waals surface area contributed by atoms with Crippen LogP contribution in [0.2, 0.25) is 0 Å². The van der Waals surface area contributed by atoms with Gasteiger partial charge >= 0.3 is 12.0 Å². The Balaban J connectivity index is 1.23. The maximum Gasteiger partial charge on any atom is 0.319 e. The summed E-state index contributed by atoms with van der Waals surface area (Å²) in [4.78, 5) is 30.6. The number of pyridine rings is 1. The summed E-state index contributed by atoms with van der Waals surface area (Å²) < 4.78 is 51.6. The molecule has 4 aliphatic heterocycles. The highest BCUT2D eigenvalue weighted by atomic mass is 19.1. The van der Waals surface area contributed by atoms with Crippen LogP contribution in [0.1, 0.15) is 94.9 Å². The van der Waals surface area contributed by atoms with E-state index < -0.39 is 23.6 Å². The number of carbonyl (C=O) groups is 1. The van der Waals surface area contributed by atoms with Gasteiger partial charge in [-0.3, -0.25) is 14.7 Å². The number of fused-ring (bicyclic) bond motifs is 3. The molecule has 0 radical (unpaired) electrons. The summed E-state index contributed by atoms with van der Waals surface area (Å²) in [7, 11) is 0. The number of benzene rings is 1. The number of rotatable bonds is 12. The zero-order valence-electron chi connectivity index (χ0n) is 31.4. The second kappa shape index (κ2) is 15.6. The van der Waals surface area contributed by atoms with Gasteiger partial charge in [-0.05, 0) is 102 Å². The topological polar surface area (TPSA) is 128 Å². The minimum absolute atomic E-state index is 0.0213. The number of hydrogen-bond acceptors (Lipinski definition) is 11. The average molecular weight is 748 g/mol. The summed E-state index contributed by atoms with van der Waals surface area (Å²) in [5.41, 5.74) is 3.15. The molecule has 1 N–H and O–H groups in total. The summed E-state index contributed by atoms with van der Waals surface area (Å²) in [6.45, 7) is 7.20. The Morgan fingerprint density at radius 1 is 1.09 bits per heavy atom. The summed E-state index contributed by atoms with van der Waals surface area (Å²) in [5.74, 6) is -0.378. The lowest BCUT2D eigenvalue weighted by molar-refractivity contribution is -0.143. The van der Waals surface area contributed by atoms with Crippen LogP contribution in [-0.2, 0) is 20.7 Å². The van der Waals surface area contributed by atoms with Gasteiger partial charge in [0.05, 0.1) is 35.3 Å². The summed E-state index contributed by atoms with van der Waals surface area (Å²) in [5, 5.41) is 16.6. The van der Waals surface area contributed by atoms with Gasteiger partial charge < -0.3 is 24.2 Å². The third kappa shape index (κ3) is 7.12. The summed E-state index contributed by atoms with van der Waals surface area (Å²) >= 11 is 0. The van der Waals surface area contributed by atoms with Crippen LogP contribution in [0.15, 0.2) is 18.5 Å². The van der Waals surface area contributed by atoms with Gasteiger partial charge in [0.15, 0.2) is 12.0 Å². The molecule has 4 atom stereocenters. The molecule has 1 unspecified atom stereocenters. The predicted octanol–water partition coefficient (Wildman–Crippen LogP) is 6.38. The number of carbonyl (C=O) groups excluding carboxylic acids is 1. The number of aryl methyl sites for hydroxylation is 1. The van der Waals surface area contributed by atoms with Crippen molar-refractivity contribution in [3.05, 3.63) is 35.4 Å². The van der Waals surface area contributed by atoms with Crippen LogP contribution >= 0.6 is 0 Å². The van der Waals surface area contributed by atoms with Crippen LogP contribution in [-0.4, -0.2) is 105 Å². The monoisotopic (exact) mass is 747 g/mol. The lowest BCUT2D eigenvalue weighted by Crippen LogP contribution is -2.43. The molecule has 0 amide bonds. The fourth-order valence-electron chi connectivity index (χ4n) is 9.20. The molecule has 14 heteroatoms. The fourth-order valence-corrected chi connectivity index (χ4v) is 9.20. The quantitative estimate of drug-likeness (QED) is 0.128. The van der Waals surface area contributed by atoms with E-state index in [-0.39, 0.29) is 36.0 Å². The third-order valence-electron chi connectivity index (χ3n) is 11.8. The van der Waals surface area contributed by atoms with Gasteiger partial charge in [-0.1, -0.05) is 0 Å². The van der Waals surface area contributed by atoms with Gasteiger partial charge in [0, 0.05) is 56.2 Å². The first-order chi connectivity index (χ1) is 26.2. The Kier molecular flexibility index (Phi) is 10.7. The Morgan fingerprint density at radius 2 is 1.98 bits per heavy atom. The van der Waals surface area contributed by atoms with Crippen LogP contribution in [0.3, 0.4) is 0 Å². The van der Waals surface area contributed by atoms with E-state index in [0.29, 0.717) is 88.1 Å². The number of piperidine rings is 1.